The lowest BCUT2D eigenvalue weighted by atomic mass is 9.90. The van der Waals surface area contributed by atoms with Gasteiger partial charge in [-0.1, -0.05) is 69.2 Å². The Balaban J connectivity index is 2.40. The molecule has 0 amide bonds. The molecule has 0 saturated heterocycles. The van der Waals surface area contributed by atoms with E-state index < -0.39 is 31.1 Å². The first kappa shape index (κ1) is 28.3. The zero-order valence-electron chi connectivity index (χ0n) is 21.5. The van der Waals surface area contributed by atoms with Crippen molar-refractivity contribution in [2.75, 3.05) is 7.11 Å². The van der Waals surface area contributed by atoms with Crippen LogP contribution in [0.1, 0.15) is 44.9 Å². The normalized spacial score (nSPS) is 14.5. The molecule has 0 bridgehead atoms. The number of carbonyl (C=O) groups is 1. The number of ether oxygens (including phenoxy) is 1. The van der Waals surface area contributed by atoms with E-state index in [2.05, 4.69) is 5.92 Å². The number of nitrogens with zero attached hydrogens (tertiary/aromatic N) is 1. The topological polar surface area (TPSA) is 85.7 Å². The van der Waals surface area contributed by atoms with Crippen molar-refractivity contribution in [3.8, 4) is 40.5 Å². The van der Waals surface area contributed by atoms with Gasteiger partial charge in [0.15, 0.2) is 5.75 Å². The standard InChI is InChI=1S/C29H31FNO5P/c1-7-23-24(20-14-16-22(30)17-15-20)27(36-28(33)29(8-2,19(5)32)37(34)35-6)25(18(3)4)31-26(23)21-12-10-9-11-13-21/h2,9-19,32,37H,7H2,1,3-6H3. The average Bonchev–Trinajstić information content (AvgIpc) is 2.89. The number of benzene rings is 2. The lowest BCUT2D eigenvalue weighted by molar-refractivity contribution is -0.138. The molecule has 1 N–H and O–H groups in total. The fraction of sp³-hybridized carbons (Fsp3) is 0.310. The van der Waals surface area contributed by atoms with Gasteiger partial charge in [0.1, 0.15) is 5.82 Å². The zero-order chi connectivity index (χ0) is 27.3. The molecule has 0 aliphatic carbocycles. The van der Waals surface area contributed by atoms with E-state index >= 15 is 0 Å². The Bertz CT molecular complexity index is 1330. The molecule has 8 heteroatoms. The average molecular weight is 524 g/mol. The second-order valence-electron chi connectivity index (χ2n) is 8.92. The first-order chi connectivity index (χ1) is 17.6. The summed E-state index contributed by atoms with van der Waals surface area (Å²) in [7, 11) is -2.11. The molecule has 3 atom stereocenters. The van der Waals surface area contributed by atoms with Crippen molar-refractivity contribution in [2.45, 2.75) is 51.3 Å². The van der Waals surface area contributed by atoms with Crippen molar-refractivity contribution in [1.82, 2.24) is 4.98 Å². The highest BCUT2D eigenvalue weighted by Gasteiger charge is 2.50. The molecule has 0 fully saturated rings. The Hall–Kier alpha value is -3.30. The molecule has 6 nitrogen and oxygen atoms in total. The van der Waals surface area contributed by atoms with Crippen molar-refractivity contribution in [1.29, 1.82) is 0 Å². The highest BCUT2D eigenvalue weighted by atomic mass is 31.1. The van der Waals surface area contributed by atoms with Crippen LogP contribution < -0.4 is 4.74 Å². The summed E-state index contributed by atoms with van der Waals surface area (Å²) in [5.41, 5.74) is 3.95. The number of carbonyl (C=O) groups excluding carboxylic acids is 1. The third-order valence-electron chi connectivity index (χ3n) is 6.24. The lowest BCUT2D eigenvalue weighted by Gasteiger charge is -2.29. The van der Waals surface area contributed by atoms with Gasteiger partial charge >= 0.3 is 5.97 Å². The van der Waals surface area contributed by atoms with E-state index in [4.69, 9.17) is 20.7 Å². The molecule has 1 aromatic heterocycles. The van der Waals surface area contributed by atoms with Crippen LogP contribution in [-0.4, -0.2) is 34.4 Å². The molecule has 0 spiro atoms. The molecular weight excluding hydrogens is 492 g/mol. The van der Waals surface area contributed by atoms with Gasteiger partial charge in [0, 0.05) is 18.2 Å². The molecule has 0 radical (unpaired) electrons. The summed E-state index contributed by atoms with van der Waals surface area (Å²) >= 11 is 0. The maximum atomic E-state index is 13.9. The molecule has 3 rings (SSSR count). The maximum Gasteiger partial charge on any atom is 0.342 e. The number of rotatable bonds is 9. The summed E-state index contributed by atoms with van der Waals surface area (Å²) in [4.78, 5) is 18.5. The Morgan fingerprint density at radius 3 is 2.24 bits per heavy atom. The van der Waals surface area contributed by atoms with Crippen LogP contribution in [0.4, 0.5) is 4.39 Å². The minimum atomic E-state index is -3.26. The Labute approximate surface area is 217 Å². The number of aromatic nitrogens is 1. The van der Waals surface area contributed by atoms with E-state index in [9.17, 15) is 18.9 Å². The van der Waals surface area contributed by atoms with Gasteiger partial charge in [-0.2, -0.15) is 0 Å². The smallest absolute Gasteiger partial charge is 0.342 e. The summed E-state index contributed by atoms with van der Waals surface area (Å²) in [6.07, 6.45) is 4.63. The second kappa shape index (κ2) is 11.8. The number of aliphatic hydroxyl groups excluding tert-OH is 1. The van der Waals surface area contributed by atoms with Gasteiger partial charge in [0.05, 0.1) is 17.5 Å². The number of hydrogen-bond donors (Lipinski definition) is 1. The predicted octanol–water partition coefficient (Wildman–Crippen LogP) is 6.02. The van der Waals surface area contributed by atoms with Gasteiger partial charge in [-0.3, -0.25) is 4.57 Å². The monoisotopic (exact) mass is 523 g/mol. The van der Waals surface area contributed by atoms with Crippen molar-refractivity contribution < 1.29 is 28.1 Å². The second-order valence-corrected chi connectivity index (χ2v) is 10.7. The number of hydrogen-bond acceptors (Lipinski definition) is 6. The Morgan fingerprint density at radius 1 is 1.14 bits per heavy atom. The summed E-state index contributed by atoms with van der Waals surface area (Å²) in [5.74, 6) is 0.591. The van der Waals surface area contributed by atoms with Crippen LogP contribution in [0.25, 0.3) is 22.4 Å². The fourth-order valence-corrected chi connectivity index (χ4v) is 5.21. The highest BCUT2D eigenvalue weighted by molar-refractivity contribution is 7.43. The maximum absolute atomic E-state index is 13.9. The largest absolute Gasteiger partial charge is 0.422 e. The molecule has 37 heavy (non-hydrogen) atoms. The van der Waals surface area contributed by atoms with E-state index in [0.717, 1.165) is 18.2 Å². The van der Waals surface area contributed by atoms with Crippen LogP contribution in [0.2, 0.25) is 0 Å². The van der Waals surface area contributed by atoms with E-state index in [1.807, 2.05) is 51.1 Å². The Morgan fingerprint density at radius 2 is 1.76 bits per heavy atom. The van der Waals surface area contributed by atoms with E-state index in [1.165, 1.54) is 19.1 Å². The van der Waals surface area contributed by atoms with Crippen molar-refractivity contribution in [3.05, 3.63) is 71.7 Å². The summed E-state index contributed by atoms with van der Waals surface area (Å²) < 4.78 is 37.6. The van der Waals surface area contributed by atoms with Crippen LogP contribution >= 0.6 is 8.03 Å². The Kier molecular flexibility index (Phi) is 9.04. The van der Waals surface area contributed by atoms with Gasteiger partial charge in [-0.25, -0.2) is 14.2 Å². The third kappa shape index (κ3) is 5.38. The molecular formula is C29H31FNO5P. The summed E-state index contributed by atoms with van der Waals surface area (Å²) in [5, 5.41) is 8.24. The molecule has 0 aliphatic heterocycles. The molecule has 2 aromatic carbocycles. The predicted molar refractivity (Wildman–Crippen MR) is 143 cm³/mol. The third-order valence-corrected chi connectivity index (χ3v) is 8.02. The quantitative estimate of drug-likeness (QED) is 0.210. The lowest BCUT2D eigenvalue weighted by Crippen LogP contribution is -2.46. The molecule has 3 unspecified atom stereocenters. The van der Waals surface area contributed by atoms with Crippen LogP contribution in [0.3, 0.4) is 0 Å². The highest BCUT2D eigenvalue weighted by Crippen LogP contribution is 2.47. The number of pyridine rings is 1. The van der Waals surface area contributed by atoms with Gasteiger partial charge < -0.3 is 14.4 Å². The van der Waals surface area contributed by atoms with Gasteiger partial charge in [-0.05, 0) is 42.5 Å². The van der Waals surface area contributed by atoms with Crippen LogP contribution in [0, 0.1) is 18.2 Å². The number of terminal acetylenes is 1. The van der Waals surface area contributed by atoms with E-state index in [-0.39, 0.29) is 11.7 Å². The van der Waals surface area contributed by atoms with E-state index in [0.29, 0.717) is 28.9 Å². The molecule has 0 saturated carbocycles. The SMILES string of the molecule is C#CC(C(=O)Oc1c(C(C)C)nc(-c2ccccc2)c(CC)c1-c1ccc(F)cc1)(C(C)O)[PH](=O)OC. The van der Waals surface area contributed by atoms with Crippen LogP contribution in [0.5, 0.6) is 5.75 Å². The molecule has 194 valence electrons. The molecule has 3 aromatic rings. The minimum Gasteiger partial charge on any atom is -0.422 e. The van der Waals surface area contributed by atoms with Gasteiger partial charge in [0.2, 0.25) is 13.2 Å². The van der Waals surface area contributed by atoms with Crippen molar-refractivity contribution in [2.24, 2.45) is 0 Å². The van der Waals surface area contributed by atoms with Crippen LogP contribution in [0.15, 0.2) is 54.6 Å². The molecule has 1 heterocycles. The zero-order valence-corrected chi connectivity index (χ0v) is 22.5. The first-order valence-corrected chi connectivity index (χ1v) is 13.3. The first-order valence-electron chi connectivity index (χ1n) is 12.0. The number of aliphatic hydroxyl groups is 1. The number of halogens is 1. The fourth-order valence-electron chi connectivity index (χ4n) is 4.21. The van der Waals surface area contributed by atoms with Gasteiger partial charge in [0.25, 0.3) is 0 Å². The summed E-state index contributed by atoms with van der Waals surface area (Å²) in [6.45, 7) is 7.01. The van der Waals surface area contributed by atoms with E-state index in [1.54, 1.807) is 12.1 Å². The van der Waals surface area contributed by atoms with Gasteiger partial charge in [-0.15, -0.1) is 6.42 Å². The number of esters is 1. The van der Waals surface area contributed by atoms with Crippen molar-refractivity contribution in [3.63, 3.8) is 0 Å². The summed E-state index contributed by atoms with van der Waals surface area (Å²) in [6, 6.07) is 15.4. The van der Waals surface area contributed by atoms with Crippen LogP contribution in [-0.2, 0) is 20.3 Å². The minimum absolute atomic E-state index is 0.120. The molecule has 0 aliphatic rings. The van der Waals surface area contributed by atoms with Crippen molar-refractivity contribution >= 4 is 14.0 Å².